The van der Waals surface area contributed by atoms with E-state index in [4.69, 9.17) is 9.47 Å². The van der Waals surface area contributed by atoms with Gasteiger partial charge in [-0.25, -0.2) is 4.79 Å². The molecule has 22 heavy (non-hydrogen) atoms. The molecule has 1 aromatic rings. The Morgan fingerprint density at radius 2 is 2.05 bits per heavy atom. The van der Waals surface area contributed by atoms with Crippen LogP contribution in [0.25, 0.3) is 0 Å². The molecular formula is C17H25NO4. The SMILES string of the molecule is CCOc1cc2c(cc1CO)CCN(C(=O)OC(C)(C)C)C2. The molecule has 122 valence electrons. The van der Waals surface area contributed by atoms with Gasteiger partial charge in [0.25, 0.3) is 0 Å². The van der Waals surface area contributed by atoms with E-state index < -0.39 is 5.60 Å². The number of amides is 1. The number of rotatable bonds is 3. The molecule has 0 atom stereocenters. The van der Waals surface area contributed by atoms with Gasteiger partial charge in [0.15, 0.2) is 0 Å². The summed E-state index contributed by atoms with van der Waals surface area (Å²) in [6.07, 6.45) is 0.468. The lowest BCUT2D eigenvalue weighted by Gasteiger charge is -2.31. The molecule has 0 aliphatic carbocycles. The number of carbonyl (C=O) groups is 1. The Morgan fingerprint density at radius 1 is 1.32 bits per heavy atom. The zero-order chi connectivity index (χ0) is 16.3. The molecule has 0 aromatic heterocycles. The van der Waals surface area contributed by atoms with E-state index in [-0.39, 0.29) is 12.7 Å². The number of ether oxygens (including phenoxy) is 2. The molecule has 0 spiro atoms. The largest absolute Gasteiger partial charge is 0.493 e. The first kappa shape index (κ1) is 16.6. The highest BCUT2D eigenvalue weighted by atomic mass is 16.6. The average Bonchev–Trinajstić information content (AvgIpc) is 2.44. The molecule has 1 N–H and O–H groups in total. The van der Waals surface area contributed by atoms with Gasteiger partial charge in [-0.05, 0) is 57.4 Å². The fourth-order valence-corrected chi connectivity index (χ4v) is 2.53. The maximum Gasteiger partial charge on any atom is 0.410 e. The quantitative estimate of drug-likeness (QED) is 0.933. The van der Waals surface area contributed by atoms with Crippen LogP contribution in [0.3, 0.4) is 0 Å². The molecule has 0 radical (unpaired) electrons. The number of nitrogens with zero attached hydrogens (tertiary/aromatic N) is 1. The third kappa shape index (κ3) is 3.91. The lowest BCUT2D eigenvalue weighted by Crippen LogP contribution is -2.39. The van der Waals surface area contributed by atoms with E-state index in [1.807, 2.05) is 39.8 Å². The van der Waals surface area contributed by atoms with Crippen molar-refractivity contribution >= 4 is 6.09 Å². The first-order valence-corrected chi connectivity index (χ1v) is 7.70. The minimum Gasteiger partial charge on any atom is -0.493 e. The van der Waals surface area contributed by atoms with Crippen molar-refractivity contribution in [1.82, 2.24) is 4.90 Å². The summed E-state index contributed by atoms with van der Waals surface area (Å²) in [6.45, 7) is 9.14. The summed E-state index contributed by atoms with van der Waals surface area (Å²) in [5.74, 6) is 0.690. The minimum atomic E-state index is -0.491. The van der Waals surface area contributed by atoms with Crippen LogP contribution in [0, 0.1) is 0 Å². The number of aliphatic hydroxyl groups is 1. The van der Waals surface area contributed by atoms with Crippen molar-refractivity contribution in [3.05, 3.63) is 28.8 Å². The lowest BCUT2D eigenvalue weighted by molar-refractivity contribution is 0.0223. The van der Waals surface area contributed by atoms with Gasteiger partial charge in [0.05, 0.1) is 13.2 Å². The smallest absolute Gasteiger partial charge is 0.410 e. The van der Waals surface area contributed by atoms with Gasteiger partial charge in [0.1, 0.15) is 11.4 Å². The summed E-state index contributed by atoms with van der Waals surface area (Å²) in [4.78, 5) is 13.9. The molecule has 0 saturated heterocycles. The van der Waals surface area contributed by atoms with Crippen LogP contribution in [-0.4, -0.2) is 34.9 Å². The standard InChI is InChI=1S/C17H25NO4/c1-5-21-15-9-13-10-18(16(20)22-17(2,3)4)7-6-12(13)8-14(15)11-19/h8-9,19H,5-7,10-11H2,1-4H3. The van der Waals surface area contributed by atoms with E-state index in [9.17, 15) is 9.90 Å². The van der Waals surface area contributed by atoms with Gasteiger partial charge in [-0.1, -0.05) is 0 Å². The fraction of sp³-hybridized carbons (Fsp3) is 0.588. The van der Waals surface area contributed by atoms with Crippen LogP contribution in [0.15, 0.2) is 12.1 Å². The van der Waals surface area contributed by atoms with Crippen LogP contribution in [0.4, 0.5) is 4.79 Å². The number of hydrogen-bond acceptors (Lipinski definition) is 4. The molecule has 1 heterocycles. The summed E-state index contributed by atoms with van der Waals surface area (Å²) in [5.41, 5.74) is 2.52. The van der Waals surface area contributed by atoms with Gasteiger partial charge in [0, 0.05) is 18.7 Å². The zero-order valence-electron chi connectivity index (χ0n) is 13.8. The van der Waals surface area contributed by atoms with Gasteiger partial charge in [0.2, 0.25) is 0 Å². The van der Waals surface area contributed by atoms with E-state index >= 15 is 0 Å². The Bertz CT molecular complexity index is 548. The van der Waals surface area contributed by atoms with Crippen LogP contribution in [0.1, 0.15) is 44.4 Å². The molecule has 0 saturated carbocycles. The van der Waals surface area contributed by atoms with Gasteiger partial charge in [-0.3, -0.25) is 0 Å². The molecule has 1 aromatic carbocycles. The van der Waals surface area contributed by atoms with Gasteiger partial charge >= 0.3 is 6.09 Å². The zero-order valence-corrected chi connectivity index (χ0v) is 13.8. The summed E-state index contributed by atoms with van der Waals surface area (Å²) in [5, 5.41) is 9.45. The molecule has 1 amide bonds. The predicted molar refractivity (Wildman–Crippen MR) is 83.9 cm³/mol. The maximum absolute atomic E-state index is 12.2. The van der Waals surface area contributed by atoms with Crippen molar-refractivity contribution in [2.45, 2.75) is 52.9 Å². The predicted octanol–water partition coefficient (Wildman–Crippen LogP) is 2.87. The number of fused-ring (bicyclic) bond motifs is 1. The Balaban J connectivity index is 2.19. The molecule has 5 nitrogen and oxygen atoms in total. The summed E-state index contributed by atoms with van der Waals surface area (Å²) < 4.78 is 11.0. The number of carbonyl (C=O) groups excluding carboxylic acids is 1. The van der Waals surface area contributed by atoms with Crippen molar-refractivity contribution in [3.63, 3.8) is 0 Å². The molecular weight excluding hydrogens is 282 g/mol. The Labute approximate surface area is 131 Å². The van der Waals surface area contributed by atoms with Crippen LogP contribution in [-0.2, 0) is 24.3 Å². The second-order valence-corrected chi connectivity index (χ2v) is 6.47. The van der Waals surface area contributed by atoms with E-state index in [0.29, 0.717) is 25.4 Å². The monoisotopic (exact) mass is 307 g/mol. The summed E-state index contributed by atoms with van der Waals surface area (Å²) >= 11 is 0. The minimum absolute atomic E-state index is 0.0433. The van der Waals surface area contributed by atoms with Gasteiger partial charge in [-0.2, -0.15) is 0 Å². The van der Waals surface area contributed by atoms with Gasteiger partial charge < -0.3 is 19.5 Å². The van der Waals surface area contributed by atoms with E-state index in [2.05, 4.69) is 0 Å². The number of hydrogen-bond donors (Lipinski definition) is 1. The molecule has 5 heteroatoms. The molecule has 1 aliphatic rings. The Morgan fingerprint density at radius 3 is 2.64 bits per heavy atom. The van der Waals surface area contributed by atoms with Crippen LogP contribution < -0.4 is 4.74 Å². The van der Waals surface area contributed by atoms with Crippen molar-refractivity contribution in [2.24, 2.45) is 0 Å². The summed E-state index contributed by atoms with van der Waals surface area (Å²) in [6, 6.07) is 3.91. The van der Waals surface area contributed by atoms with Gasteiger partial charge in [-0.15, -0.1) is 0 Å². The van der Waals surface area contributed by atoms with Crippen molar-refractivity contribution in [3.8, 4) is 5.75 Å². The first-order valence-electron chi connectivity index (χ1n) is 7.70. The van der Waals surface area contributed by atoms with Crippen molar-refractivity contribution in [2.75, 3.05) is 13.2 Å². The van der Waals surface area contributed by atoms with Crippen molar-refractivity contribution < 1.29 is 19.4 Å². The van der Waals surface area contributed by atoms with E-state index in [0.717, 1.165) is 23.1 Å². The van der Waals surface area contributed by atoms with E-state index in [1.54, 1.807) is 4.90 Å². The third-order valence-electron chi connectivity index (χ3n) is 3.52. The highest BCUT2D eigenvalue weighted by Crippen LogP contribution is 2.29. The van der Waals surface area contributed by atoms with Crippen LogP contribution >= 0.6 is 0 Å². The number of aliphatic hydroxyl groups excluding tert-OH is 1. The topological polar surface area (TPSA) is 59.0 Å². The second-order valence-electron chi connectivity index (χ2n) is 6.47. The third-order valence-corrected chi connectivity index (χ3v) is 3.52. The molecule has 1 aliphatic heterocycles. The Hall–Kier alpha value is -1.75. The first-order chi connectivity index (χ1) is 10.3. The highest BCUT2D eigenvalue weighted by molar-refractivity contribution is 5.68. The average molecular weight is 307 g/mol. The molecule has 2 rings (SSSR count). The molecule has 0 unspecified atom stereocenters. The van der Waals surface area contributed by atoms with E-state index in [1.165, 1.54) is 0 Å². The normalized spacial score (nSPS) is 14.5. The second kappa shape index (κ2) is 6.57. The Kier molecular flexibility index (Phi) is 4.96. The molecule has 0 fully saturated rings. The highest BCUT2D eigenvalue weighted by Gasteiger charge is 2.26. The number of benzene rings is 1. The van der Waals surface area contributed by atoms with Crippen molar-refractivity contribution in [1.29, 1.82) is 0 Å². The maximum atomic E-state index is 12.2. The lowest BCUT2D eigenvalue weighted by atomic mass is 9.97. The summed E-state index contributed by atoms with van der Waals surface area (Å²) in [7, 11) is 0. The fourth-order valence-electron chi connectivity index (χ4n) is 2.53. The van der Waals surface area contributed by atoms with Crippen LogP contribution in [0.2, 0.25) is 0 Å². The van der Waals surface area contributed by atoms with Crippen LogP contribution in [0.5, 0.6) is 5.75 Å². The molecule has 0 bridgehead atoms.